The Hall–Kier alpha value is -1.33. The highest BCUT2D eigenvalue weighted by Crippen LogP contribution is 2.22. The highest BCUT2D eigenvalue weighted by atomic mass is 19.4. The van der Waals surface area contributed by atoms with Crippen molar-refractivity contribution in [3.8, 4) is 0 Å². The van der Waals surface area contributed by atoms with Crippen LogP contribution in [0.3, 0.4) is 0 Å². The SMILES string of the molecule is CCC(=O)c1c(C)nn(CCCC(F)(F)F)c1C. The lowest BCUT2D eigenvalue weighted by Crippen LogP contribution is -2.11. The molecule has 0 saturated heterocycles. The number of alkyl halides is 3. The van der Waals surface area contributed by atoms with Crippen molar-refractivity contribution in [2.75, 3.05) is 0 Å². The number of aromatic nitrogens is 2. The third-order valence-electron chi connectivity index (χ3n) is 2.81. The Morgan fingerprint density at radius 1 is 1.33 bits per heavy atom. The average molecular weight is 262 g/mol. The van der Waals surface area contributed by atoms with E-state index < -0.39 is 12.6 Å². The number of nitrogens with zero attached hydrogens (tertiary/aromatic N) is 2. The van der Waals surface area contributed by atoms with Crippen molar-refractivity contribution in [2.45, 2.75) is 52.8 Å². The Bertz CT molecular complexity index is 435. The largest absolute Gasteiger partial charge is 0.389 e. The number of aryl methyl sites for hydroxylation is 2. The molecule has 3 nitrogen and oxygen atoms in total. The maximum Gasteiger partial charge on any atom is 0.389 e. The van der Waals surface area contributed by atoms with Crippen LogP contribution in [0.1, 0.15) is 47.9 Å². The first kappa shape index (κ1) is 14.7. The minimum atomic E-state index is -4.14. The molecular formula is C12H17F3N2O. The van der Waals surface area contributed by atoms with Gasteiger partial charge in [0, 0.05) is 25.1 Å². The molecule has 0 amide bonds. The Balaban J connectivity index is 2.77. The third kappa shape index (κ3) is 3.58. The van der Waals surface area contributed by atoms with Gasteiger partial charge in [-0.2, -0.15) is 18.3 Å². The van der Waals surface area contributed by atoms with Crippen LogP contribution in [0.5, 0.6) is 0 Å². The zero-order chi connectivity index (χ0) is 13.9. The highest BCUT2D eigenvalue weighted by Gasteiger charge is 2.26. The van der Waals surface area contributed by atoms with Crippen molar-refractivity contribution in [2.24, 2.45) is 0 Å². The maximum atomic E-state index is 12.0. The number of carbonyl (C=O) groups is 1. The van der Waals surface area contributed by atoms with E-state index in [1.165, 1.54) is 4.68 Å². The van der Waals surface area contributed by atoms with E-state index >= 15 is 0 Å². The van der Waals surface area contributed by atoms with Crippen LogP contribution in [0, 0.1) is 13.8 Å². The molecule has 1 rings (SSSR count). The molecule has 6 heteroatoms. The smallest absolute Gasteiger partial charge is 0.294 e. The molecule has 18 heavy (non-hydrogen) atoms. The van der Waals surface area contributed by atoms with E-state index in [0.717, 1.165) is 0 Å². The standard InChI is InChI=1S/C12H17F3N2O/c1-4-10(18)11-8(2)16-17(9(11)3)7-5-6-12(13,14)15/h4-7H2,1-3H3. The molecule has 0 aromatic carbocycles. The quantitative estimate of drug-likeness (QED) is 0.762. The topological polar surface area (TPSA) is 34.9 Å². The van der Waals surface area contributed by atoms with Crippen LogP contribution in [-0.2, 0) is 6.54 Å². The summed E-state index contributed by atoms with van der Waals surface area (Å²) in [6, 6.07) is 0. The lowest BCUT2D eigenvalue weighted by Gasteiger charge is -2.07. The van der Waals surface area contributed by atoms with Gasteiger partial charge in [0.25, 0.3) is 0 Å². The summed E-state index contributed by atoms with van der Waals surface area (Å²) in [4.78, 5) is 11.7. The van der Waals surface area contributed by atoms with Crippen LogP contribution in [0.25, 0.3) is 0 Å². The molecule has 0 aliphatic heterocycles. The van der Waals surface area contributed by atoms with Crippen LogP contribution in [0.4, 0.5) is 13.2 Å². The molecule has 0 spiro atoms. The van der Waals surface area contributed by atoms with E-state index in [-0.39, 0.29) is 18.7 Å². The molecule has 0 saturated carbocycles. The summed E-state index contributed by atoms with van der Waals surface area (Å²) in [5.74, 6) is -0.0212. The van der Waals surface area contributed by atoms with Crippen molar-refractivity contribution < 1.29 is 18.0 Å². The first-order valence-corrected chi connectivity index (χ1v) is 5.90. The predicted molar refractivity (Wildman–Crippen MR) is 61.6 cm³/mol. The molecule has 1 aromatic heterocycles. The second-order valence-corrected chi connectivity index (χ2v) is 4.26. The van der Waals surface area contributed by atoms with E-state index in [4.69, 9.17) is 0 Å². The van der Waals surface area contributed by atoms with Crippen LogP contribution < -0.4 is 0 Å². The van der Waals surface area contributed by atoms with E-state index in [1.807, 2.05) is 0 Å². The van der Waals surface area contributed by atoms with Gasteiger partial charge >= 0.3 is 6.18 Å². The number of halogens is 3. The zero-order valence-electron chi connectivity index (χ0n) is 10.8. The molecule has 0 aliphatic rings. The van der Waals surface area contributed by atoms with Crippen LogP contribution in [0.2, 0.25) is 0 Å². The predicted octanol–water partition coefficient (Wildman–Crippen LogP) is 3.44. The summed E-state index contributed by atoms with van der Waals surface area (Å²) in [6.07, 6.45) is -4.62. The second-order valence-electron chi connectivity index (χ2n) is 4.26. The average Bonchev–Trinajstić information content (AvgIpc) is 2.52. The molecule has 0 N–H and O–H groups in total. The number of hydrogen-bond donors (Lipinski definition) is 0. The van der Waals surface area contributed by atoms with Crippen molar-refractivity contribution in [1.29, 1.82) is 0 Å². The van der Waals surface area contributed by atoms with Gasteiger partial charge in [-0.15, -0.1) is 0 Å². The van der Waals surface area contributed by atoms with E-state index in [1.54, 1.807) is 20.8 Å². The minimum absolute atomic E-state index is 0.0212. The Kier molecular flexibility index (Phi) is 4.53. The first-order valence-electron chi connectivity index (χ1n) is 5.90. The zero-order valence-corrected chi connectivity index (χ0v) is 10.8. The third-order valence-corrected chi connectivity index (χ3v) is 2.81. The van der Waals surface area contributed by atoms with Crippen molar-refractivity contribution >= 4 is 5.78 Å². The van der Waals surface area contributed by atoms with Gasteiger partial charge in [-0.25, -0.2) is 0 Å². The lowest BCUT2D eigenvalue weighted by molar-refractivity contribution is -0.136. The van der Waals surface area contributed by atoms with Gasteiger partial charge in [-0.05, 0) is 20.3 Å². The molecule has 0 radical (unpaired) electrons. The maximum absolute atomic E-state index is 12.0. The number of carbonyl (C=O) groups excluding carboxylic acids is 1. The minimum Gasteiger partial charge on any atom is -0.294 e. The van der Waals surface area contributed by atoms with E-state index in [0.29, 0.717) is 23.4 Å². The summed E-state index contributed by atoms with van der Waals surface area (Å²) >= 11 is 0. The number of rotatable bonds is 5. The molecule has 0 aliphatic carbocycles. The monoisotopic (exact) mass is 262 g/mol. The number of ketones is 1. The summed E-state index contributed by atoms with van der Waals surface area (Å²) in [7, 11) is 0. The van der Waals surface area contributed by atoms with Crippen LogP contribution in [0.15, 0.2) is 0 Å². The molecule has 1 heterocycles. The summed E-state index contributed by atoms with van der Waals surface area (Å²) < 4.78 is 37.6. The molecule has 0 bridgehead atoms. The van der Waals surface area contributed by atoms with Crippen molar-refractivity contribution in [3.05, 3.63) is 17.0 Å². The summed E-state index contributed by atoms with van der Waals surface area (Å²) in [6.45, 7) is 5.36. The molecule has 1 aromatic rings. The summed E-state index contributed by atoms with van der Waals surface area (Å²) in [5.41, 5.74) is 1.79. The van der Waals surface area contributed by atoms with Crippen LogP contribution >= 0.6 is 0 Å². The van der Waals surface area contributed by atoms with Crippen molar-refractivity contribution in [3.63, 3.8) is 0 Å². The molecule has 0 fully saturated rings. The highest BCUT2D eigenvalue weighted by molar-refractivity contribution is 5.97. The fourth-order valence-electron chi connectivity index (χ4n) is 1.92. The van der Waals surface area contributed by atoms with Gasteiger partial charge < -0.3 is 0 Å². The number of Topliss-reactive ketones (excluding diaryl/α,β-unsaturated/α-hetero) is 1. The fraction of sp³-hybridized carbons (Fsp3) is 0.667. The second kappa shape index (κ2) is 5.54. The van der Waals surface area contributed by atoms with E-state index in [2.05, 4.69) is 5.10 Å². The molecular weight excluding hydrogens is 245 g/mol. The Morgan fingerprint density at radius 2 is 1.94 bits per heavy atom. The Morgan fingerprint density at radius 3 is 2.44 bits per heavy atom. The lowest BCUT2D eigenvalue weighted by atomic mass is 10.1. The Labute approximate surface area is 104 Å². The van der Waals surface area contributed by atoms with Gasteiger partial charge in [0.2, 0.25) is 0 Å². The van der Waals surface area contributed by atoms with Gasteiger partial charge in [0.05, 0.1) is 11.3 Å². The normalized spacial score (nSPS) is 11.9. The first-order chi connectivity index (χ1) is 8.26. The van der Waals surface area contributed by atoms with E-state index in [9.17, 15) is 18.0 Å². The van der Waals surface area contributed by atoms with Gasteiger partial charge in [-0.1, -0.05) is 6.92 Å². The van der Waals surface area contributed by atoms with Gasteiger partial charge in [0.1, 0.15) is 0 Å². The van der Waals surface area contributed by atoms with Gasteiger partial charge in [0.15, 0.2) is 5.78 Å². The molecule has 0 unspecified atom stereocenters. The number of hydrogen-bond acceptors (Lipinski definition) is 2. The van der Waals surface area contributed by atoms with Gasteiger partial charge in [-0.3, -0.25) is 9.48 Å². The fourth-order valence-corrected chi connectivity index (χ4v) is 1.92. The van der Waals surface area contributed by atoms with Crippen molar-refractivity contribution in [1.82, 2.24) is 9.78 Å². The molecule has 102 valence electrons. The van der Waals surface area contributed by atoms with Crippen LogP contribution in [-0.4, -0.2) is 21.7 Å². The summed E-state index contributed by atoms with van der Waals surface area (Å²) in [5, 5.41) is 4.13. The molecule has 0 atom stereocenters.